The summed E-state index contributed by atoms with van der Waals surface area (Å²) in [6, 6.07) is 21.1. The van der Waals surface area contributed by atoms with Gasteiger partial charge in [0.25, 0.3) is 0 Å². The molecule has 0 saturated carbocycles. The van der Waals surface area contributed by atoms with Crippen molar-refractivity contribution in [1.82, 2.24) is 30.3 Å². The zero-order chi connectivity index (χ0) is 20.2. The molecule has 2 aromatic heterocycles. The van der Waals surface area contributed by atoms with E-state index < -0.39 is 0 Å². The Balaban J connectivity index is 1.39. The summed E-state index contributed by atoms with van der Waals surface area (Å²) in [5, 5.41) is 15.9. The van der Waals surface area contributed by atoms with E-state index in [2.05, 4.69) is 86.2 Å². The molecule has 0 fully saturated rings. The van der Waals surface area contributed by atoms with Crippen molar-refractivity contribution in [3.05, 3.63) is 95.1 Å². The minimum atomic E-state index is 0.0704. The number of benzene rings is 2. The van der Waals surface area contributed by atoms with Gasteiger partial charge >= 0.3 is 0 Å². The van der Waals surface area contributed by atoms with Crippen molar-refractivity contribution >= 4 is 0 Å². The number of nitrogens with zero attached hydrogens (tertiary/aromatic N) is 6. The van der Waals surface area contributed by atoms with Crippen molar-refractivity contribution < 1.29 is 4.52 Å². The first-order valence-corrected chi connectivity index (χ1v) is 10.4. The van der Waals surface area contributed by atoms with Gasteiger partial charge in [0.05, 0.1) is 5.92 Å². The number of aromatic nitrogens is 5. The quantitative estimate of drug-likeness (QED) is 0.474. The largest absolute Gasteiger partial charge is 0.361 e. The molecule has 0 saturated heterocycles. The lowest BCUT2D eigenvalue weighted by molar-refractivity contribution is 0.229. The fourth-order valence-corrected chi connectivity index (χ4v) is 4.24. The monoisotopic (exact) mass is 400 g/mol. The van der Waals surface area contributed by atoms with Crippen molar-refractivity contribution in [2.45, 2.75) is 31.8 Å². The number of fused-ring (bicyclic) bond motifs is 1. The van der Waals surface area contributed by atoms with Crippen molar-refractivity contribution in [1.29, 1.82) is 0 Å². The van der Waals surface area contributed by atoms with E-state index in [9.17, 15) is 0 Å². The Labute approximate surface area is 175 Å². The molecule has 0 N–H and O–H groups in total. The fraction of sp³-hybridized carbons (Fsp3) is 0.304. The summed E-state index contributed by atoms with van der Waals surface area (Å²) in [6.07, 6.45) is 3.56. The molecule has 0 unspecified atom stereocenters. The number of tetrazole rings is 1. The highest BCUT2D eigenvalue weighted by Crippen LogP contribution is 2.36. The molecule has 0 radical (unpaired) electrons. The summed E-state index contributed by atoms with van der Waals surface area (Å²) >= 11 is 0. The van der Waals surface area contributed by atoms with E-state index in [1.807, 2.05) is 0 Å². The van der Waals surface area contributed by atoms with Gasteiger partial charge in [-0.2, -0.15) is 0 Å². The molecule has 0 amide bonds. The summed E-state index contributed by atoms with van der Waals surface area (Å²) in [5.41, 5.74) is 4.74. The first-order chi connectivity index (χ1) is 14.9. The molecule has 0 aliphatic carbocycles. The van der Waals surface area contributed by atoms with Crippen molar-refractivity contribution in [3.8, 4) is 0 Å². The Morgan fingerprint density at radius 1 is 0.933 bits per heavy atom. The van der Waals surface area contributed by atoms with Gasteiger partial charge < -0.3 is 4.52 Å². The minimum absolute atomic E-state index is 0.0704. The maximum atomic E-state index is 5.82. The van der Waals surface area contributed by atoms with E-state index in [1.165, 1.54) is 16.7 Å². The molecule has 7 nitrogen and oxygen atoms in total. The molecule has 2 aromatic carbocycles. The van der Waals surface area contributed by atoms with Crippen LogP contribution in [0.15, 0.2) is 71.5 Å². The molecule has 1 aliphatic heterocycles. The topological polar surface area (TPSA) is 72.9 Å². The average molecular weight is 400 g/mol. The Morgan fingerprint density at radius 2 is 1.67 bits per heavy atom. The van der Waals surface area contributed by atoms with Crippen LogP contribution in [0.1, 0.15) is 40.5 Å². The van der Waals surface area contributed by atoms with E-state index in [0.29, 0.717) is 0 Å². The highest BCUT2D eigenvalue weighted by molar-refractivity contribution is 5.44. The lowest BCUT2D eigenvalue weighted by Crippen LogP contribution is -2.32. The molecule has 3 heterocycles. The average Bonchev–Trinajstić information content (AvgIpc) is 3.46. The highest BCUT2D eigenvalue weighted by Gasteiger charge is 2.29. The minimum Gasteiger partial charge on any atom is -0.361 e. The Morgan fingerprint density at radius 3 is 2.33 bits per heavy atom. The molecule has 0 atom stereocenters. The summed E-state index contributed by atoms with van der Waals surface area (Å²) in [5.74, 6) is 1.10. The first kappa shape index (κ1) is 18.7. The zero-order valence-corrected chi connectivity index (χ0v) is 16.8. The smallest absolute Gasteiger partial charge is 0.142 e. The fourth-order valence-electron chi connectivity index (χ4n) is 4.24. The molecule has 0 spiro atoms. The van der Waals surface area contributed by atoms with Crippen LogP contribution in [-0.2, 0) is 19.5 Å². The van der Waals surface area contributed by atoms with Gasteiger partial charge in [-0.05, 0) is 28.0 Å². The molecule has 30 heavy (non-hydrogen) atoms. The van der Waals surface area contributed by atoms with Crippen LogP contribution in [0.25, 0.3) is 0 Å². The van der Waals surface area contributed by atoms with Gasteiger partial charge in [-0.15, -0.1) is 5.10 Å². The molecular weight excluding hydrogens is 376 g/mol. The third-order valence-electron chi connectivity index (χ3n) is 5.73. The van der Waals surface area contributed by atoms with Crippen LogP contribution in [-0.4, -0.2) is 43.4 Å². The third-order valence-corrected chi connectivity index (χ3v) is 5.73. The van der Waals surface area contributed by atoms with Crippen molar-refractivity contribution in [3.63, 3.8) is 0 Å². The molecule has 152 valence electrons. The molecular formula is C23H24N6O. The second-order valence-electron chi connectivity index (χ2n) is 7.68. The standard InChI is InChI=1S/C23H24N6O/c1-3-8-18(9-4-1)22(19-10-5-2-6-11-19)23-20-16-28(15-12-21(20)30-25-23)13-7-14-29-17-24-26-27-29/h1-6,8-11,17,22H,7,12-16H2. The second kappa shape index (κ2) is 8.59. The van der Waals surface area contributed by atoms with Gasteiger partial charge in [-0.25, -0.2) is 4.68 Å². The van der Waals surface area contributed by atoms with E-state index in [1.54, 1.807) is 11.0 Å². The predicted molar refractivity (Wildman–Crippen MR) is 112 cm³/mol. The van der Waals surface area contributed by atoms with E-state index >= 15 is 0 Å². The Kier molecular flexibility index (Phi) is 5.35. The zero-order valence-electron chi connectivity index (χ0n) is 16.8. The summed E-state index contributed by atoms with van der Waals surface area (Å²) in [4.78, 5) is 2.47. The van der Waals surface area contributed by atoms with Crippen molar-refractivity contribution in [2.24, 2.45) is 0 Å². The predicted octanol–water partition coefficient (Wildman–Crippen LogP) is 3.29. The van der Waals surface area contributed by atoms with Gasteiger partial charge in [0.2, 0.25) is 0 Å². The van der Waals surface area contributed by atoms with Crippen molar-refractivity contribution in [2.75, 3.05) is 13.1 Å². The first-order valence-electron chi connectivity index (χ1n) is 10.4. The van der Waals surface area contributed by atoms with Gasteiger partial charge in [0.1, 0.15) is 17.8 Å². The van der Waals surface area contributed by atoms with Gasteiger partial charge in [0.15, 0.2) is 0 Å². The lowest BCUT2D eigenvalue weighted by Gasteiger charge is -2.27. The number of hydrogen-bond donors (Lipinski definition) is 0. The Hall–Kier alpha value is -3.32. The Bertz CT molecular complexity index is 1020. The van der Waals surface area contributed by atoms with E-state index in [4.69, 9.17) is 4.52 Å². The number of rotatable bonds is 7. The molecule has 7 heteroatoms. The highest BCUT2D eigenvalue weighted by atomic mass is 16.5. The van der Waals surface area contributed by atoms with Gasteiger partial charge in [-0.3, -0.25) is 4.90 Å². The summed E-state index contributed by atoms with van der Waals surface area (Å²) < 4.78 is 7.59. The number of aryl methyl sites for hydroxylation is 1. The van der Waals surface area contributed by atoms with Crippen LogP contribution >= 0.6 is 0 Å². The maximum Gasteiger partial charge on any atom is 0.142 e. The van der Waals surface area contributed by atoms with Crippen LogP contribution in [0.4, 0.5) is 0 Å². The second-order valence-corrected chi connectivity index (χ2v) is 7.68. The van der Waals surface area contributed by atoms with Crippen LogP contribution in [0, 0.1) is 0 Å². The molecule has 0 bridgehead atoms. The normalized spacial score (nSPS) is 14.2. The van der Waals surface area contributed by atoms with Crippen LogP contribution < -0.4 is 0 Å². The summed E-state index contributed by atoms with van der Waals surface area (Å²) in [6.45, 7) is 3.66. The van der Waals surface area contributed by atoms with E-state index in [0.717, 1.165) is 50.5 Å². The number of hydrogen-bond acceptors (Lipinski definition) is 6. The van der Waals surface area contributed by atoms with Crippen LogP contribution in [0.5, 0.6) is 0 Å². The SMILES string of the molecule is c1ccc(C(c2ccccc2)c2noc3c2CN(CCCn2cnnn2)CC3)cc1. The van der Waals surface area contributed by atoms with Crippen LogP contribution in [0.3, 0.4) is 0 Å². The summed E-state index contributed by atoms with van der Waals surface area (Å²) in [7, 11) is 0. The lowest BCUT2D eigenvalue weighted by atomic mass is 9.85. The maximum absolute atomic E-state index is 5.82. The van der Waals surface area contributed by atoms with Gasteiger partial charge in [0, 0.05) is 38.2 Å². The van der Waals surface area contributed by atoms with Gasteiger partial charge in [-0.1, -0.05) is 65.8 Å². The molecule has 4 aromatic rings. The molecule has 5 rings (SSSR count). The van der Waals surface area contributed by atoms with E-state index in [-0.39, 0.29) is 5.92 Å². The third kappa shape index (κ3) is 3.89. The molecule has 1 aliphatic rings. The van der Waals surface area contributed by atoms with Crippen LogP contribution in [0.2, 0.25) is 0 Å².